The lowest BCUT2D eigenvalue weighted by molar-refractivity contribution is -0.192. The van der Waals surface area contributed by atoms with Crippen molar-refractivity contribution in [1.29, 1.82) is 0 Å². The van der Waals surface area contributed by atoms with Crippen LogP contribution in [-0.4, -0.2) is 57.1 Å². The molecule has 210 valence electrons. The summed E-state index contributed by atoms with van der Waals surface area (Å²) in [6.07, 6.45) is -6.64. The molecule has 1 saturated heterocycles. The van der Waals surface area contributed by atoms with Crippen LogP contribution in [0, 0.1) is 5.82 Å². The summed E-state index contributed by atoms with van der Waals surface area (Å²) < 4.78 is 91.2. The van der Waals surface area contributed by atoms with E-state index in [9.17, 15) is 31.1 Å². The summed E-state index contributed by atoms with van der Waals surface area (Å²) >= 11 is 0. The molecule has 0 spiro atoms. The van der Waals surface area contributed by atoms with Gasteiger partial charge in [0.05, 0.1) is 17.8 Å². The van der Waals surface area contributed by atoms with Crippen LogP contribution in [0.1, 0.15) is 30.9 Å². The standard InChI is InChI=1S/C21H19F4N5O2.C2HF3O2/c22-14-2-1-3-16(10-14)30(20(31)21(25)6-8-26-9-7-21)12-15-5-4-13(11-27-15)18-28-29-19(32-18)17(23)24;3-2(4,5)1(6)7/h1-5,10-11,17,26H,6-9,12H2;(H,6,7). The van der Waals surface area contributed by atoms with Crippen LogP contribution in [0.2, 0.25) is 0 Å². The minimum atomic E-state index is -5.08. The summed E-state index contributed by atoms with van der Waals surface area (Å²) in [4.78, 5) is 27.4. The van der Waals surface area contributed by atoms with Crippen molar-refractivity contribution >= 4 is 17.6 Å². The highest BCUT2D eigenvalue weighted by atomic mass is 19.4. The van der Waals surface area contributed by atoms with Gasteiger partial charge >= 0.3 is 18.6 Å². The van der Waals surface area contributed by atoms with Crippen LogP contribution in [0.3, 0.4) is 0 Å². The lowest BCUT2D eigenvalue weighted by Gasteiger charge is -2.34. The van der Waals surface area contributed by atoms with Gasteiger partial charge in [-0.2, -0.15) is 22.0 Å². The molecule has 1 aliphatic rings. The van der Waals surface area contributed by atoms with Gasteiger partial charge in [0.2, 0.25) is 5.89 Å². The van der Waals surface area contributed by atoms with Crippen molar-refractivity contribution in [2.24, 2.45) is 0 Å². The number of carboxylic acids is 1. The molecule has 0 radical (unpaired) electrons. The van der Waals surface area contributed by atoms with Gasteiger partial charge in [-0.1, -0.05) is 6.07 Å². The molecule has 3 heterocycles. The monoisotopic (exact) mass is 563 g/mol. The maximum absolute atomic E-state index is 15.4. The quantitative estimate of drug-likeness (QED) is 0.422. The Bertz CT molecular complexity index is 1280. The van der Waals surface area contributed by atoms with Gasteiger partial charge in [-0.15, -0.1) is 10.2 Å². The molecule has 0 bridgehead atoms. The fourth-order valence-electron chi connectivity index (χ4n) is 3.45. The first-order chi connectivity index (χ1) is 18.3. The third-order valence-electron chi connectivity index (χ3n) is 5.41. The van der Waals surface area contributed by atoms with Gasteiger partial charge < -0.3 is 19.7 Å². The molecular formula is C23H20F7N5O4. The highest BCUT2D eigenvalue weighted by molar-refractivity contribution is 5.99. The third-order valence-corrected chi connectivity index (χ3v) is 5.41. The van der Waals surface area contributed by atoms with Crippen LogP contribution in [0.25, 0.3) is 11.5 Å². The van der Waals surface area contributed by atoms with Gasteiger partial charge in [0.25, 0.3) is 11.8 Å². The van der Waals surface area contributed by atoms with Gasteiger partial charge in [0.1, 0.15) is 5.82 Å². The first-order valence-electron chi connectivity index (χ1n) is 11.1. The number of aliphatic carboxylic acids is 1. The molecule has 0 saturated carbocycles. The van der Waals surface area contributed by atoms with Crippen LogP contribution < -0.4 is 10.2 Å². The number of carboxylic acid groups (broad SMARTS) is 1. The van der Waals surface area contributed by atoms with Gasteiger partial charge in [-0.25, -0.2) is 13.6 Å². The SMILES string of the molecule is O=C(N(Cc1ccc(-c2nnc(C(F)F)o2)cn1)c1cccc(F)c1)C1(F)CCNCC1.O=C(O)C(F)(F)F. The van der Waals surface area contributed by atoms with E-state index in [2.05, 4.69) is 20.5 Å². The molecule has 0 aliphatic carbocycles. The molecule has 16 heteroatoms. The fraction of sp³-hybridized carbons (Fsp3) is 0.348. The first-order valence-corrected chi connectivity index (χ1v) is 11.1. The maximum Gasteiger partial charge on any atom is 0.490 e. The highest BCUT2D eigenvalue weighted by Crippen LogP contribution is 2.30. The van der Waals surface area contributed by atoms with Gasteiger partial charge in [0, 0.05) is 24.7 Å². The van der Waals surface area contributed by atoms with E-state index in [-0.39, 0.29) is 31.0 Å². The number of hydrogen-bond acceptors (Lipinski definition) is 7. The smallest absolute Gasteiger partial charge is 0.475 e. The maximum atomic E-state index is 15.4. The van der Waals surface area contributed by atoms with E-state index in [1.54, 1.807) is 0 Å². The number of alkyl halides is 6. The average molecular weight is 563 g/mol. The van der Waals surface area contributed by atoms with Gasteiger partial charge in [-0.05, 0) is 43.4 Å². The summed E-state index contributed by atoms with van der Waals surface area (Å²) in [6.45, 7) is 0.599. The largest absolute Gasteiger partial charge is 0.490 e. The molecule has 9 nitrogen and oxygen atoms in total. The van der Waals surface area contributed by atoms with Crippen LogP contribution in [0.4, 0.5) is 36.4 Å². The number of rotatable bonds is 6. The lowest BCUT2D eigenvalue weighted by Crippen LogP contribution is -2.51. The Morgan fingerprint density at radius 1 is 1.13 bits per heavy atom. The van der Waals surface area contributed by atoms with Crippen LogP contribution >= 0.6 is 0 Å². The minimum absolute atomic E-state index is 0.00759. The second-order valence-corrected chi connectivity index (χ2v) is 8.17. The topological polar surface area (TPSA) is 121 Å². The second kappa shape index (κ2) is 12.2. The van der Waals surface area contributed by atoms with Gasteiger partial charge in [-0.3, -0.25) is 9.78 Å². The number of carbonyl (C=O) groups is 2. The number of aromatic nitrogens is 3. The second-order valence-electron chi connectivity index (χ2n) is 8.17. The molecule has 1 aliphatic heterocycles. The third kappa shape index (κ3) is 7.72. The van der Waals surface area contributed by atoms with Gasteiger partial charge in [0.15, 0.2) is 5.67 Å². The molecule has 3 aromatic rings. The van der Waals surface area contributed by atoms with Crippen molar-refractivity contribution in [3.63, 3.8) is 0 Å². The number of benzene rings is 1. The zero-order valence-corrected chi connectivity index (χ0v) is 19.8. The van der Waals surface area contributed by atoms with Crippen molar-refractivity contribution in [1.82, 2.24) is 20.5 Å². The van der Waals surface area contributed by atoms with Crippen LogP contribution in [0.15, 0.2) is 47.0 Å². The molecule has 39 heavy (non-hydrogen) atoms. The Labute approximate surface area is 215 Å². The van der Waals surface area contributed by atoms with Crippen molar-refractivity contribution in [3.05, 3.63) is 60.0 Å². The van der Waals surface area contributed by atoms with E-state index in [1.807, 2.05) is 0 Å². The molecule has 2 aromatic heterocycles. The predicted octanol–water partition coefficient (Wildman–Crippen LogP) is 4.47. The van der Waals surface area contributed by atoms with E-state index >= 15 is 4.39 Å². The van der Waals surface area contributed by atoms with Crippen molar-refractivity contribution in [2.45, 2.75) is 37.7 Å². The number of carbonyl (C=O) groups excluding carboxylic acids is 1. The molecule has 0 unspecified atom stereocenters. The van der Waals surface area contributed by atoms with E-state index in [4.69, 9.17) is 14.3 Å². The number of pyridine rings is 1. The fourth-order valence-corrected chi connectivity index (χ4v) is 3.45. The van der Waals surface area contributed by atoms with E-state index in [0.717, 1.165) is 11.0 Å². The summed E-state index contributed by atoms with van der Waals surface area (Å²) in [6, 6.07) is 8.37. The van der Waals surface area contributed by atoms with E-state index < -0.39 is 41.9 Å². The number of hydrogen-bond donors (Lipinski definition) is 2. The Kier molecular flexibility index (Phi) is 9.21. The Morgan fingerprint density at radius 2 is 1.79 bits per heavy atom. The number of piperidine rings is 1. The molecule has 1 amide bonds. The molecule has 2 N–H and O–H groups in total. The zero-order valence-electron chi connectivity index (χ0n) is 19.8. The minimum Gasteiger partial charge on any atom is -0.475 e. The number of anilines is 1. The highest BCUT2D eigenvalue weighted by Gasteiger charge is 2.43. The van der Waals surface area contributed by atoms with E-state index in [0.29, 0.717) is 24.3 Å². The Hall–Kier alpha value is -4.08. The number of amides is 1. The normalized spacial score (nSPS) is 14.9. The Balaban J connectivity index is 0.000000532. The summed E-state index contributed by atoms with van der Waals surface area (Å²) in [5, 5.41) is 17.0. The number of halogens is 7. The Morgan fingerprint density at radius 3 is 2.31 bits per heavy atom. The summed E-state index contributed by atoms with van der Waals surface area (Å²) in [5.74, 6) is -5.02. The number of nitrogens with one attached hydrogen (secondary N) is 1. The van der Waals surface area contributed by atoms with Crippen molar-refractivity contribution in [2.75, 3.05) is 18.0 Å². The van der Waals surface area contributed by atoms with Crippen LogP contribution in [-0.2, 0) is 16.1 Å². The average Bonchev–Trinajstić information content (AvgIpc) is 3.38. The van der Waals surface area contributed by atoms with E-state index in [1.165, 1.54) is 36.5 Å². The predicted molar refractivity (Wildman–Crippen MR) is 120 cm³/mol. The molecule has 1 aromatic carbocycles. The lowest BCUT2D eigenvalue weighted by atomic mass is 9.92. The molecular weight excluding hydrogens is 543 g/mol. The zero-order chi connectivity index (χ0) is 28.8. The van der Waals surface area contributed by atoms with Crippen molar-refractivity contribution in [3.8, 4) is 11.5 Å². The molecule has 0 atom stereocenters. The summed E-state index contributed by atoms with van der Waals surface area (Å²) in [7, 11) is 0. The van der Waals surface area contributed by atoms with Crippen molar-refractivity contribution < 1.29 is 49.8 Å². The molecule has 1 fully saturated rings. The number of nitrogens with zero attached hydrogens (tertiary/aromatic N) is 4. The summed E-state index contributed by atoms with van der Waals surface area (Å²) in [5.41, 5.74) is -1.20. The first kappa shape index (κ1) is 29.5. The molecule has 4 rings (SSSR count). The van der Waals surface area contributed by atoms with Crippen LogP contribution in [0.5, 0.6) is 0 Å².